The molecule has 4 aromatic rings. The van der Waals surface area contributed by atoms with Crippen LogP contribution in [0.5, 0.6) is 0 Å². The summed E-state index contributed by atoms with van der Waals surface area (Å²) in [6, 6.07) is 20.4. The van der Waals surface area contributed by atoms with Gasteiger partial charge >= 0.3 is 303 Å². The van der Waals surface area contributed by atoms with E-state index in [0.717, 1.165) is 11.1 Å². The molecular formula is C42H42F4N2O2Ti. The third-order valence-electron chi connectivity index (χ3n) is 9.83. The van der Waals surface area contributed by atoms with Crippen LogP contribution in [0.3, 0.4) is 0 Å². The molecule has 0 saturated heterocycles. The van der Waals surface area contributed by atoms with Crippen LogP contribution < -0.4 is 17.5 Å². The van der Waals surface area contributed by atoms with Crippen LogP contribution in [-0.4, -0.2) is 40.5 Å². The summed E-state index contributed by atoms with van der Waals surface area (Å²) in [5, 5.41) is 0. The van der Waals surface area contributed by atoms with E-state index in [1.54, 1.807) is 48.3 Å². The van der Waals surface area contributed by atoms with E-state index in [9.17, 15) is 0 Å². The number of anilines is 4. The summed E-state index contributed by atoms with van der Waals surface area (Å²) < 4.78 is 78.4. The molecule has 264 valence electrons. The Morgan fingerprint density at radius 2 is 0.882 bits per heavy atom. The van der Waals surface area contributed by atoms with Gasteiger partial charge in [0.25, 0.3) is 0 Å². The van der Waals surface area contributed by atoms with Crippen LogP contribution in [0.1, 0.15) is 11.1 Å². The number of allylic oxidation sites excluding steroid dienone is 8. The van der Waals surface area contributed by atoms with Crippen LogP contribution >= 0.6 is 0 Å². The van der Waals surface area contributed by atoms with Gasteiger partial charge in [-0.1, -0.05) is 0 Å². The molecule has 51 heavy (non-hydrogen) atoms. The molecule has 0 aliphatic heterocycles. The van der Waals surface area contributed by atoms with E-state index in [2.05, 4.69) is 0 Å². The molecule has 4 aromatic carbocycles. The van der Waals surface area contributed by atoms with Crippen molar-refractivity contribution in [2.24, 2.45) is 0 Å². The first-order valence-corrected chi connectivity index (χ1v) is 20.4. The van der Waals surface area contributed by atoms with Crippen LogP contribution in [0.25, 0.3) is 0 Å². The van der Waals surface area contributed by atoms with Crippen molar-refractivity contribution in [3.63, 3.8) is 0 Å². The molecule has 6 rings (SSSR count). The Labute approximate surface area is 301 Å². The second kappa shape index (κ2) is 16.0. The molecule has 9 heteroatoms. The Balaban J connectivity index is 1.67. The molecule has 0 radical (unpaired) electrons. The normalized spacial score (nSPS) is 14.3. The average molecular weight is 731 g/mol. The zero-order valence-electron chi connectivity index (χ0n) is 29.3. The van der Waals surface area contributed by atoms with Gasteiger partial charge in [0.1, 0.15) is 0 Å². The van der Waals surface area contributed by atoms with E-state index >= 15 is 17.6 Å². The summed E-state index contributed by atoms with van der Waals surface area (Å²) >= 11 is -5.08. The topological polar surface area (TPSA) is 24.9 Å². The Hall–Kier alpha value is -4.21. The molecule has 0 heterocycles. The van der Waals surface area contributed by atoms with Crippen LogP contribution in [0, 0.1) is 37.1 Å². The molecular weight excluding hydrogens is 688 g/mol. The molecule has 2 aliphatic rings. The summed E-state index contributed by atoms with van der Waals surface area (Å²) in [6.45, 7) is 4.96. The van der Waals surface area contributed by atoms with E-state index in [0.29, 0.717) is 11.4 Å². The molecule has 0 saturated carbocycles. The standard InChI is InChI=1S/2C16H16F2NO.2C5H5.Ti/c2*1-12-3-6-14(7-4-12)19(9-10-20-2)16-8-5-13(17)11-15(16)18;2*1-2-4-5-3-1;/h2*3-8H,9-10H2,1-2H3;2*1-5H;. The Morgan fingerprint density at radius 1 is 0.529 bits per heavy atom. The Bertz CT molecular complexity index is 1810. The molecule has 4 nitrogen and oxygen atoms in total. The van der Waals surface area contributed by atoms with Gasteiger partial charge in [0.15, 0.2) is 0 Å². The van der Waals surface area contributed by atoms with E-state index in [1.165, 1.54) is 24.3 Å². The fourth-order valence-electron chi connectivity index (χ4n) is 7.33. The van der Waals surface area contributed by atoms with E-state index in [1.807, 2.05) is 86.7 Å². The number of hydrogen-bond acceptors (Lipinski definition) is 4. The summed E-state index contributed by atoms with van der Waals surface area (Å²) in [5.41, 5.74) is 3.63. The van der Waals surface area contributed by atoms with Gasteiger partial charge in [-0.2, -0.15) is 0 Å². The van der Waals surface area contributed by atoms with Gasteiger partial charge in [-0.15, -0.1) is 0 Å². The van der Waals surface area contributed by atoms with Crippen molar-refractivity contribution in [2.45, 2.75) is 22.3 Å². The average Bonchev–Trinajstić information content (AvgIpc) is 3.87. The van der Waals surface area contributed by atoms with Gasteiger partial charge < -0.3 is 0 Å². The van der Waals surface area contributed by atoms with Crippen LogP contribution in [-0.2, 0) is 26.1 Å². The van der Waals surface area contributed by atoms with Crippen molar-refractivity contribution in [1.82, 2.24) is 0 Å². The maximum atomic E-state index is 17.8. The number of methoxy groups -OCH3 is 2. The van der Waals surface area contributed by atoms with Gasteiger partial charge in [-0.25, -0.2) is 0 Å². The first kappa shape index (κ1) is 36.6. The molecule has 0 aromatic heterocycles. The summed E-state index contributed by atoms with van der Waals surface area (Å²) in [6.07, 6.45) is 14.5. The second-order valence-corrected chi connectivity index (χ2v) is 19.3. The predicted molar refractivity (Wildman–Crippen MR) is 196 cm³/mol. The van der Waals surface area contributed by atoms with Gasteiger partial charge in [-0.05, 0) is 0 Å². The number of ether oxygens (including phenoxy) is 2. The number of halogens is 4. The monoisotopic (exact) mass is 730 g/mol. The van der Waals surface area contributed by atoms with Crippen LogP contribution in [0.2, 0.25) is 8.45 Å². The molecule has 0 bridgehead atoms. The fourth-order valence-corrected chi connectivity index (χ4v) is 16.1. The van der Waals surface area contributed by atoms with Crippen molar-refractivity contribution in [2.75, 3.05) is 50.3 Å². The maximum absolute atomic E-state index is 17.8. The van der Waals surface area contributed by atoms with E-state index < -0.39 is 48.3 Å². The summed E-state index contributed by atoms with van der Waals surface area (Å²) in [4.78, 5) is 3.48. The molecule has 0 atom stereocenters. The Kier molecular flexibility index (Phi) is 11.5. The van der Waals surface area contributed by atoms with Crippen molar-refractivity contribution in [3.05, 3.63) is 156 Å². The van der Waals surface area contributed by atoms with Gasteiger partial charge in [0.05, 0.1) is 0 Å². The van der Waals surface area contributed by atoms with Crippen molar-refractivity contribution < 1.29 is 43.6 Å². The number of rotatable bonds is 14. The SMILES string of the molecule is COCCN(c1ccc(C)cc1)c1ccc(F)[c]([Ti]([c]2c(F)ccc(N(CCOC)c3ccc(C)cc3)c2F)([CH]2C=CC=C2)[CH]2C=CC=C2)c1F. The third-order valence-corrected chi connectivity index (χ3v) is 18.3. The molecule has 2 aliphatic carbocycles. The number of aryl methyl sites for hydroxylation is 2. The molecule has 0 amide bonds. The molecule has 0 spiro atoms. The number of nitrogens with zero attached hydrogens (tertiary/aromatic N) is 2. The molecule has 0 fully saturated rings. The van der Waals surface area contributed by atoms with E-state index in [-0.39, 0.29) is 45.4 Å². The first-order valence-electron chi connectivity index (χ1n) is 17.1. The minimum atomic E-state index is -5.08. The van der Waals surface area contributed by atoms with Gasteiger partial charge in [-0.3, -0.25) is 0 Å². The quantitative estimate of drug-likeness (QED) is 0.0955. The first-order chi connectivity index (χ1) is 24.7. The second-order valence-electron chi connectivity index (χ2n) is 12.9. The summed E-state index contributed by atoms with van der Waals surface area (Å²) in [5.74, 6) is -3.30. The van der Waals surface area contributed by atoms with Crippen molar-refractivity contribution in [1.29, 1.82) is 0 Å². The Morgan fingerprint density at radius 3 is 1.22 bits per heavy atom. The number of benzene rings is 4. The fraction of sp³-hybridized carbons (Fsp3) is 0.238. The summed E-state index contributed by atoms with van der Waals surface area (Å²) in [7, 11) is 3.12. The zero-order valence-corrected chi connectivity index (χ0v) is 30.8. The third kappa shape index (κ3) is 7.03. The van der Waals surface area contributed by atoms with Crippen LogP contribution in [0.15, 0.2) is 121 Å². The van der Waals surface area contributed by atoms with Gasteiger partial charge in [0.2, 0.25) is 0 Å². The van der Waals surface area contributed by atoms with Crippen molar-refractivity contribution >= 4 is 30.5 Å². The van der Waals surface area contributed by atoms with Gasteiger partial charge in [0, 0.05) is 0 Å². The van der Waals surface area contributed by atoms with E-state index in [4.69, 9.17) is 9.47 Å². The molecule has 0 N–H and O–H groups in total. The zero-order chi connectivity index (χ0) is 36.1. The molecule has 0 unspecified atom stereocenters. The van der Waals surface area contributed by atoms with Crippen molar-refractivity contribution in [3.8, 4) is 0 Å². The minimum absolute atomic E-state index is 0.109. The predicted octanol–water partition coefficient (Wildman–Crippen LogP) is 9.36. The number of hydrogen-bond donors (Lipinski definition) is 0. The van der Waals surface area contributed by atoms with Crippen LogP contribution in [0.4, 0.5) is 40.3 Å².